The van der Waals surface area contributed by atoms with Crippen LogP contribution in [0.5, 0.6) is 5.88 Å². The van der Waals surface area contributed by atoms with Crippen LogP contribution in [0.25, 0.3) is 0 Å². The topological polar surface area (TPSA) is 77.0 Å². The molecule has 0 amide bonds. The molecule has 2 rings (SSSR count). The second kappa shape index (κ2) is 13.3. The van der Waals surface area contributed by atoms with Crippen LogP contribution in [0, 0.1) is 5.92 Å². The van der Waals surface area contributed by atoms with Crippen LogP contribution in [0.15, 0.2) is 23.3 Å². The van der Waals surface area contributed by atoms with Crippen LogP contribution in [-0.2, 0) is 16.0 Å². The lowest BCUT2D eigenvalue weighted by Crippen LogP contribution is -2.38. The minimum absolute atomic E-state index is 0.527. The first-order valence-corrected chi connectivity index (χ1v) is 10.1. The van der Waals surface area contributed by atoms with Crippen molar-refractivity contribution in [3.05, 3.63) is 23.9 Å². The third-order valence-electron chi connectivity index (χ3n) is 4.34. The van der Waals surface area contributed by atoms with E-state index in [4.69, 9.17) is 14.2 Å². The average molecular weight is 379 g/mol. The number of aliphatic imine (C=N–C) groups is 1. The zero-order valence-corrected chi connectivity index (χ0v) is 16.7. The van der Waals surface area contributed by atoms with Crippen molar-refractivity contribution in [1.29, 1.82) is 0 Å². The Labute approximate surface area is 162 Å². The molecule has 152 valence electrons. The van der Waals surface area contributed by atoms with Gasteiger partial charge in [-0.1, -0.05) is 6.07 Å². The molecule has 7 heteroatoms. The van der Waals surface area contributed by atoms with Crippen molar-refractivity contribution in [3.8, 4) is 5.88 Å². The van der Waals surface area contributed by atoms with Gasteiger partial charge in [0.05, 0.1) is 13.2 Å². The lowest BCUT2D eigenvalue weighted by molar-refractivity contribution is 0.0203. The maximum Gasteiger partial charge on any atom is 0.218 e. The Hall–Kier alpha value is -1.86. The van der Waals surface area contributed by atoms with E-state index in [1.807, 2.05) is 19.1 Å². The quantitative estimate of drug-likeness (QED) is 0.350. The summed E-state index contributed by atoms with van der Waals surface area (Å²) in [6, 6.07) is 3.90. The second-order valence-electron chi connectivity index (χ2n) is 6.51. The highest BCUT2D eigenvalue weighted by molar-refractivity contribution is 5.79. The molecule has 0 bridgehead atoms. The zero-order valence-electron chi connectivity index (χ0n) is 16.7. The number of pyridine rings is 1. The third kappa shape index (κ3) is 8.58. The van der Waals surface area contributed by atoms with E-state index < -0.39 is 0 Å². The molecule has 1 aliphatic rings. The van der Waals surface area contributed by atoms with Gasteiger partial charge in [0, 0.05) is 51.3 Å². The first-order valence-electron chi connectivity index (χ1n) is 10.1. The highest BCUT2D eigenvalue weighted by Gasteiger charge is 2.13. The first-order chi connectivity index (χ1) is 13.3. The minimum Gasteiger partial charge on any atom is -0.478 e. The first kappa shape index (κ1) is 21.4. The monoisotopic (exact) mass is 378 g/mol. The number of hydrogen-bond donors (Lipinski definition) is 2. The van der Waals surface area contributed by atoms with Gasteiger partial charge in [0.1, 0.15) is 0 Å². The molecule has 0 spiro atoms. The Morgan fingerprint density at radius 1 is 1.30 bits per heavy atom. The van der Waals surface area contributed by atoms with Gasteiger partial charge in [0.2, 0.25) is 5.88 Å². The number of nitrogens with zero attached hydrogens (tertiary/aromatic N) is 2. The molecular weight excluding hydrogens is 344 g/mol. The van der Waals surface area contributed by atoms with Gasteiger partial charge in [-0.3, -0.25) is 0 Å². The van der Waals surface area contributed by atoms with Gasteiger partial charge in [0.15, 0.2) is 5.96 Å². The highest BCUT2D eigenvalue weighted by atomic mass is 16.5. The zero-order chi connectivity index (χ0) is 19.2. The normalized spacial score (nSPS) is 15.6. The Morgan fingerprint density at radius 3 is 2.93 bits per heavy atom. The summed E-state index contributed by atoms with van der Waals surface area (Å²) in [6.07, 6.45) is 4.92. The van der Waals surface area contributed by atoms with Crippen molar-refractivity contribution in [2.45, 2.75) is 39.7 Å². The number of ether oxygens (including phenoxy) is 3. The fourth-order valence-electron chi connectivity index (χ4n) is 2.86. The van der Waals surface area contributed by atoms with E-state index in [2.05, 4.69) is 27.5 Å². The molecule has 0 aliphatic carbocycles. The van der Waals surface area contributed by atoms with Gasteiger partial charge < -0.3 is 24.8 Å². The van der Waals surface area contributed by atoms with Gasteiger partial charge in [-0.05, 0) is 45.1 Å². The summed E-state index contributed by atoms with van der Waals surface area (Å²) in [5, 5.41) is 6.63. The molecule has 0 unspecified atom stereocenters. The number of guanidine groups is 1. The molecule has 2 N–H and O–H groups in total. The highest BCUT2D eigenvalue weighted by Crippen LogP contribution is 2.15. The van der Waals surface area contributed by atoms with Crippen molar-refractivity contribution in [3.63, 3.8) is 0 Å². The van der Waals surface area contributed by atoms with E-state index >= 15 is 0 Å². The molecule has 1 aromatic rings. The van der Waals surface area contributed by atoms with E-state index in [1.165, 1.54) is 0 Å². The average Bonchev–Trinajstić information content (AvgIpc) is 2.70. The molecule has 0 atom stereocenters. The third-order valence-corrected chi connectivity index (χ3v) is 4.34. The largest absolute Gasteiger partial charge is 0.478 e. The summed E-state index contributed by atoms with van der Waals surface area (Å²) in [5.74, 6) is 2.11. The molecule has 0 aromatic carbocycles. The van der Waals surface area contributed by atoms with Gasteiger partial charge >= 0.3 is 0 Å². The number of nitrogens with one attached hydrogen (secondary N) is 2. The fraction of sp³-hybridized carbons (Fsp3) is 0.700. The van der Waals surface area contributed by atoms with Crippen LogP contribution in [0.3, 0.4) is 0 Å². The van der Waals surface area contributed by atoms with Crippen molar-refractivity contribution >= 4 is 5.96 Å². The standard InChI is InChI=1S/C20H34N4O3/c1-3-21-20(24-15-18-7-5-10-22-19(18)27-4-2)23-11-6-12-26-16-17-8-13-25-14-9-17/h5,7,10,17H,3-4,6,8-9,11-16H2,1-2H3,(H2,21,23,24). The summed E-state index contributed by atoms with van der Waals surface area (Å²) in [6.45, 7) is 10.1. The molecule has 1 aromatic heterocycles. The molecule has 1 fully saturated rings. The lowest BCUT2D eigenvalue weighted by atomic mass is 10.0. The van der Waals surface area contributed by atoms with E-state index in [1.54, 1.807) is 6.20 Å². The number of rotatable bonds is 11. The maximum atomic E-state index is 5.81. The van der Waals surface area contributed by atoms with E-state index in [0.717, 1.165) is 70.3 Å². The van der Waals surface area contributed by atoms with Crippen LogP contribution >= 0.6 is 0 Å². The Kier molecular flexibility index (Phi) is 10.6. The van der Waals surface area contributed by atoms with E-state index in [-0.39, 0.29) is 0 Å². The van der Waals surface area contributed by atoms with Crippen LogP contribution in [0.4, 0.5) is 0 Å². The predicted molar refractivity (Wildman–Crippen MR) is 107 cm³/mol. The molecule has 7 nitrogen and oxygen atoms in total. The Morgan fingerprint density at radius 2 is 2.15 bits per heavy atom. The van der Waals surface area contributed by atoms with Crippen LogP contribution < -0.4 is 15.4 Å². The van der Waals surface area contributed by atoms with E-state index in [9.17, 15) is 0 Å². The molecular formula is C20H34N4O3. The maximum absolute atomic E-state index is 5.81. The van der Waals surface area contributed by atoms with E-state index in [0.29, 0.717) is 24.9 Å². The Bertz CT molecular complexity index is 548. The molecule has 1 saturated heterocycles. The predicted octanol–water partition coefficient (Wildman–Crippen LogP) is 2.37. The molecule has 27 heavy (non-hydrogen) atoms. The van der Waals surface area contributed by atoms with Crippen LogP contribution in [0.2, 0.25) is 0 Å². The van der Waals surface area contributed by atoms with Crippen molar-refractivity contribution < 1.29 is 14.2 Å². The molecule has 0 radical (unpaired) electrons. The van der Waals surface area contributed by atoms with Crippen molar-refractivity contribution in [2.75, 3.05) is 46.1 Å². The fourth-order valence-corrected chi connectivity index (χ4v) is 2.86. The van der Waals surface area contributed by atoms with Gasteiger partial charge in [-0.15, -0.1) is 0 Å². The van der Waals surface area contributed by atoms with Gasteiger partial charge in [0.25, 0.3) is 0 Å². The SMILES string of the molecule is CCNC(=NCc1cccnc1OCC)NCCCOCC1CCOCC1. The van der Waals surface area contributed by atoms with Crippen LogP contribution in [-0.4, -0.2) is 57.1 Å². The summed E-state index contributed by atoms with van der Waals surface area (Å²) in [7, 11) is 0. The minimum atomic E-state index is 0.527. The summed E-state index contributed by atoms with van der Waals surface area (Å²) >= 11 is 0. The van der Waals surface area contributed by atoms with Gasteiger partial charge in [-0.25, -0.2) is 9.98 Å². The van der Waals surface area contributed by atoms with Crippen molar-refractivity contribution in [1.82, 2.24) is 15.6 Å². The molecule has 0 saturated carbocycles. The Balaban J connectivity index is 1.68. The number of hydrogen-bond acceptors (Lipinski definition) is 5. The molecule has 1 aliphatic heterocycles. The van der Waals surface area contributed by atoms with Crippen molar-refractivity contribution in [2.24, 2.45) is 10.9 Å². The second-order valence-corrected chi connectivity index (χ2v) is 6.51. The summed E-state index contributed by atoms with van der Waals surface area (Å²) < 4.78 is 16.7. The van der Waals surface area contributed by atoms with Crippen LogP contribution in [0.1, 0.15) is 38.7 Å². The number of aromatic nitrogens is 1. The lowest BCUT2D eigenvalue weighted by Gasteiger charge is -2.21. The van der Waals surface area contributed by atoms with Gasteiger partial charge in [-0.2, -0.15) is 0 Å². The summed E-state index contributed by atoms with van der Waals surface area (Å²) in [4.78, 5) is 8.91. The smallest absolute Gasteiger partial charge is 0.218 e. The summed E-state index contributed by atoms with van der Waals surface area (Å²) in [5.41, 5.74) is 0.983. The molecule has 2 heterocycles.